The average molecular weight is 269 g/mol. The van der Waals surface area contributed by atoms with Crippen molar-refractivity contribution in [1.82, 2.24) is 0 Å². The zero-order valence-electron chi connectivity index (χ0n) is 10.8. The Labute approximate surface area is 111 Å². The van der Waals surface area contributed by atoms with E-state index in [0.717, 1.165) is 5.56 Å². The number of rotatable bonds is 7. The first-order valence-corrected chi connectivity index (χ1v) is 6.11. The topological polar surface area (TPSA) is 122 Å². The van der Waals surface area contributed by atoms with Gasteiger partial charge >= 0.3 is 5.69 Å². The third-order valence-corrected chi connectivity index (χ3v) is 2.89. The average Bonchev–Trinajstić information content (AvgIpc) is 2.36. The van der Waals surface area contributed by atoms with E-state index in [1.807, 2.05) is 6.92 Å². The number of anilines is 2. The molecule has 0 radical (unpaired) electrons. The maximum absolute atomic E-state index is 11.1. The molecule has 1 aromatic carbocycles. The van der Waals surface area contributed by atoms with E-state index in [4.69, 9.17) is 15.9 Å². The standard InChI is InChI=1S/C12H19N3O4/c1-2-9-8(3-5-16)7-10(14-4-6-17)12(11(9)13)15(18)19/h7,14,16-17H,2-6,13H2,1H3. The van der Waals surface area contributed by atoms with Gasteiger partial charge in [0.2, 0.25) is 0 Å². The van der Waals surface area contributed by atoms with Crippen LogP contribution in [0.3, 0.4) is 0 Å². The van der Waals surface area contributed by atoms with Gasteiger partial charge in [-0.1, -0.05) is 6.92 Å². The second-order valence-corrected chi connectivity index (χ2v) is 4.06. The third-order valence-electron chi connectivity index (χ3n) is 2.89. The third kappa shape index (κ3) is 3.33. The number of benzene rings is 1. The number of aliphatic hydroxyl groups excluding tert-OH is 2. The largest absolute Gasteiger partial charge is 0.396 e. The number of nitro benzene ring substituents is 1. The van der Waals surface area contributed by atoms with E-state index in [2.05, 4.69) is 5.32 Å². The van der Waals surface area contributed by atoms with E-state index in [9.17, 15) is 10.1 Å². The van der Waals surface area contributed by atoms with Crippen LogP contribution >= 0.6 is 0 Å². The van der Waals surface area contributed by atoms with Crippen LogP contribution < -0.4 is 11.1 Å². The number of nitro groups is 1. The number of hydrogen-bond acceptors (Lipinski definition) is 6. The minimum absolute atomic E-state index is 0.0519. The molecule has 1 aromatic rings. The van der Waals surface area contributed by atoms with Crippen molar-refractivity contribution < 1.29 is 15.1 Å². The highest BCUT2D eigenvalue weighted by Crippen LogP contribution is 2.36. The van der Waals surface area contributed by atoms with Crippen LogP contribution in [0.5, 0.6) is 0 Å². The molecule has 0 aromatic heterocycles. The van der Waals surface area contributed by atoms with Gasteiger partial charge in [-0.2, -0.15) is 0 Å². The van der Waals surface area contributed by atoms with Gasteiger partial charge in [-0.15, -0.1) is 0 Å². The Bertz CT molecular complexity index is 463. The van der Waals surface area contributed by atoms with Gasteiger partial charge in [-0.3, -0.25) is 10.1 Å². The van der Waals surface area contributed by atoms with E-state index in [-0.39, 0.29) is 36.8 Å². The van der Waals surface area contributed by atoms with Crippen molar-refractivity contribution in [3.05, 3.63) is 27.3 Å². The second-order valence-electron chi connectivity index (χ2n) is 4.06. The Morgan fingerprint density at radius 1 is 1.42 bits per heavy atom. The molecule has 0 heterocycles. The number of nitrogens with two attached hydrogens (primary N) is 1. The zero-order chi connectivity index (χ0) is 14.4. The molecule has 0 spiro atoms. The monoisotopic (exact) mass is 269 g/mol. The summed E-state index contributed by atoms with van der Waals surface area (Å²) in [6, 6.07) is 1.62. The first-order valence-electron chi connectivity index (χ1n) is 6.11. The fourth-order valence-electron chi connectivity index (χ4n) is 2.07. The SMILES string of the molecule is CCc1c(CCO)cc(NCCO)c([N+](=O)[O-])c1N. The summed E-state index contributed by atoms with van der Waals surface area (Å²) in [6.45, 7) is 1.87. The smallest absolute Gasteiger partial charge is 0.315 e. The number of nitrogens with one attached hydrogen (secondary N) is 1. The van der Waals surface area contributed by atoms with Crippen LogP contribution in [0.4, 0.5) is 17.1 Å². The van der Waals surface area contributed by atoms with E-state index in [0.29, 0.717) is 18.4 Å². The molecule has 106 valence electrons. The predicted molar refractivity (Wildman–Crippen MR) is 73.3 cm³/mol. The van der Waals surface area contributed by atoms with Gasteiger partial charge in [0.1, 0.15) is 11.4 Å². The lowest BCUT2D eigenvalue weighted by Crippen LogP contribution is -2.12. The highest BCUT2D eigenvalue weighted by molar-refractivity contribution is 5.79. The number of hydrogen-bond donors (Lipinski definition) is 4. The number of nitrogens with zero attached hydrogens (tertiary/aromatic N) is 1. The van der Waals surface area contributed by atoms with Gasteiger partial charge < -0.3 is 21.3 Å². The van der Waals surface area contributed by atoms with Crippen LogP contribution in [0, 0.1) is 10.1 Å². The van der Waals surface area contributed by atoms with Crippen LogP contribution in [0.15, 0.2) is 6.07 Å². The molecule has 0 saturated heterocycles. The van der Waals surface area contributed by atoms with Crippen LogP contribution in [0.2, 0.25) is 0 Å². The van der Waals surface area contributed by atoms with Crippen molar-refractivity contribution in [2.24, 2.45) is 0 Å². The Hall–Kier alpha value is -1.86. The van der Waals surface area contributed by atoms with Gasteiger partial charge in [0.05, 0.1) is 11.5 Å². The molecule has 0 unspecified atom stereocenters. The fourth-order valence-corrected chi connectivity index (χ4v) is 2.07. The van der Waals surface area contributed by atoms with Crippen LogP contribution in [0.1, 0.15) is 18.1 Å². The molecule has 19 heavy (non-hydrogen) atoms. The van der Waals surface area contributed by atoms with E-state index in [1.165, 1.54) is 0 Å². The molecular formula is C12H19N3O4. The highest BCUT2D eigenvalue weighted by atomic mass is 16.6. The fraction of sp³-hybridized carbons (Fsp3) is 0.500. The molecule has 7 heteroatoms. The molecule has 0 amide bonds. The maximum Gasteiger partial charge on any atom is 0.315 e. The summed E-state index contributed by atoms with van der Waals surface area (Å²) in [7, 11) is 0. The Kier molecular flexibility index (Phi) is 5.53. The van der Waals surface area contributed by atoms with Gasteiger partial charge in [-0.05, 0) is 30.0 Å². The van der Waals surface area contributed by atoms with Gasteiger partial charge in [0, 0.05) is 13.2 Å². The van der Waals surface area contributed by atoms with Crippen LogP contribution in [0.25, 0.3) is 0 Å². The highest BCUT2D eigenvalue weighted by Gasteiger charge is 2.23. The maximum atomic E-state index is 11.1. The minimum Gasteiger partial charge on any atom is -0.396 e. The van der Waals surface area contributed by atoms with Crippen molar-refractivity contribution in [3.8, 4) is 0 Å². The Morgan fingerprint density at radius 3 is 2.58 bits per heavy atom. The van der Waals surface area contributed by atoms with E-state index >= 15 is 0 Å². The molecule has 0 bridgehead atoms. The predicted octanol–water partition coefficient (Wildman–Crippen LogP) is 0.678. The van der Waals surface area contributed by atoms with E-state index in [1.54, 1.807) is 6.07 Å². The number of nitrogen functional groups attached to an aromatic ring is 1. The molecule has 0 atom stereocenters. The summed E-state index contributed by atoms with van der Waals surface area (Å²) in [5, 5.41) is 31.7. The Balaban J connectivity index is 3.38. The summed E-state index contributed by atoms with van der Waals surface area (Å²) in [5.74, 6) is 0. The molecule has 0 fully saturated rings. The van der Waals surface area contributed by atoms with Crippen LogP contribution in [-0.2, 0) is 12.8 Å². The van der Waals surface area contributed by atoms with Crippen molar-refractivity contribution in [2.75, 3.05) is 30.8 Å². The molecular weight excluding hydrogens is 250 g/mol. The molecule has 0 saturated carbocycles. The first-order chi connectivity index (χ1) is 9.06. The minimum atomic E-state index is -0.531. The van der Waals surface area contributed by atoms with Gasteiger partial charge in [-0.25, -0.2) is 0 Å². The van der Waals surface area contributed by atoms with Crippen molar-refractivity contribution in [1.29, 1.82) is 0 Å². The first kappa shape index (κ1) is 15.2. The molecule has 0 aliphatic heterocycles. The van der Waals surface area contributed by atoms with Crippen molar-refractivity contribution in [2.45, 2.75) is 19.8 Å². The quantitative estimate of drug-likeness (QED) is 0.328. The van der Waals surface area contributed by atoms with Crippen molar-refractivity contribution >= 4 is 17.1 Å². The molecule has 0 aliphatic rings. The van der Waals surface area contributed by atoms with Crippen molar-refractivity contribution in [3.63, 3.8) is 0 Å². The summed E-state index contributed by atoms with van der Waals surface area (Å²) >= 11 is 0. The normalized spacial score (nSPS) is 10.5. The van der Waals surface area contributed by atoms with Gasteiger partial charge in [0.15, 0.2) is 0 Å². The molecule has 7 nitrogen and oxygen atoms in total. The summed E-state index contributed by atoms with van der Waals surface area (Å²) in [5.41, 5.74) is 7.57. The van der Waals surface area contributed by atoms with Crippen LogP contribution in [-0.4, -0.2) is 34.9 Å². The lowest BCUT2D eigenvalue weighted by molar-refractivity contribution is -0.383. The molecule has 1 rings (SSSR count). The summed E-state index contributed by atoms with van der Waals surface area (Å²) < 4.78 is 0. The number of aliphatic hydroxyl groups is 2. The summed E-state index contributed by atoms with van der Waals surface area (Å²) in [6.07, 6.45) is 0.946. The zero-order valence-corrected chi connectivity index (χ0v) is 10.8. The van der Waals surface area contributed by atoms with Gasteiger partial charge in [0.25, 0.3) is 0 Å². The molecule has 5 N–H and O–H groups in total. The van der Waals surface area contributed by atoms with E-state index < -0.39 is 4.92 Å². The molecule has 0 aliphatic carbocycles. The second kappa shape index (κ2) is 6.91. The lowest BCUT2D eigenvalue weighted by atomic mass is 9.98. The lowest BCUT2D eigenvalue weighted by Gasteiger charge is -2.15. The summed E-state index contributed by atoms with van der Waals surface area (Å²) in [4.78, 5) is 10.6. The Morgan fingerprint density at radius 2 is 2.11 bits per heavy atom.